The van der Waals surface area contributed by atoms with Gasteiger partial charge in [0.2, 0.25) is 5.95 Å². The Balaban J connectivity index is 1.28. The van der Waals surface area contributed by atoms with Crippen molar-refractivity contribution in [1.82, 2.24) is 14.5 Å². The maximum Gasteiger partial charge on any atom is 0.235 e. The van der Waals surface area contributed by atoms with Gasteiger partial charge in [-0.25, -0.2) is 9.97 Å². The fraction of sp³-hybridized carbons (Fsp3) is 0.0500. The standard InChI is InChI=1S/C40H23N3OS/c1-2-9-24-20-25(17-16-22(24)8-1)36-39-37(27-12-4-6-15-33(27)45-39)42-40(41-36)43-30-13-7-10-23-18-19-28-35(34(23)30)31(43)21-29-26-11-3-5-14-32(26)44-38(28)29/h1-21,26,32H. The largest absolute Gasteiger partial charge is 0.484 e. The van der Waals surface area contributed by atoms with Gasteiger partial charge < -0.3 is 4.74 Å². The Morgan fingerprint density at radius 1 is 0.667 bits per heavy atom. The van der Waals surface area contributed by atoms with Crippen molar-refractivity contribution in [3.05, 3.63) is 133 Å². The van der Waals surface area contributed by atoms with E-state index < -0.39 is 0 Å². The van der Waals surface area contributed by atoms with Crippen LogP contribution in [0.1, 0.15) is 11.5 Å². The zero-order chi connectivity index (χ0) is 29.2. The molecular formula is C40H23N3OS. The van der Waals surface area contributed by atoms with Crippen molar-refractivity contribution in [2.75, 3.05) is 0 Å². The van der Waals surface area contributed by atoms with Gasteiger partial charge in [0, 0.05) is 43.3 Å². The lowest BCUT2D eigenvalue weighted by atomic mass is 9.90. The Hall–Kier alpha value is -5.52. The van der Waals surface area contributed by atoms with Crippen molar-refractivity contribution >= 4 is 75.0 Å². The minimum Gasteiger partial charge on any atom is -0.484 e. The summed E-state index contributed by atoms with van der Waals surface area (Å²) in [6.07, 6.45) is 8.67. The normalized spacial score (nSPS) is 17.3. The molecule has 0 saturated carbocycles. The highest BCUT2D eigenvalue weighted by Crippen LogP contribution is 2.50. The highest BCUT2D eigenvalue weighted by atomic mass is 32.1. The molecule has 0 spiro atoms. The molecule has 45 heavy (non-hydrogen) atoms. The van der Waals surface area contributed by atoms with Gasteiger partial charge in [0.25, 0.3) is 0 Å². The van der Waals surface area contributed by atoms with E-state index in [4.69, 9.17) is 14.7 Å². The molecule has 2 atom stereocenters. The monoisotopic (exact) mass is 593 g/mol. The van der Waals surface area contributed by atoms with Crippen molar-refractivity contribution in [2.24, 2.45) is 0 Å². The molecular weight excluding hydrogens is 571 g/mol. The number of fused-ring (bicyclic) bond motifs is 8. The molecule has 4 nitrogen and oxygen atoms in total. The Labute approximate surface area is 261 Å². The Morgan fingerprint density at radius 2 is 1.51 bits per heavy atom. The first kappa shape index (κ1) is 23.9. The second-order valence-corrected chi connectivity index (χ2v) is 13.2. The molecule has 5 heteroatoms. The van der Waals surface area contributed by atoms with Crippen LogP contribution in [0.3, 0.4) is 0 Å². The topological polar surface area (TPSA) is 39.9 Å². The van der Waals surface area contributed by atoms with Gasteiger partial charge in [-0.15, -0.1) is 11.3 Å². The van der Waals surface area contributed by atoms with E-state index in [0.29, 0.717) is 5.95 Å². The summed E-state index contributed by atoms with van der Waals surface area (Å²) in [5, 5.41) is 8.37. The molecule has 0 N–H and O–H groups in total. The Kier molecular flexibility index (Phi) is 4.54. The number of hydrogen-bond donors (Lipinski definition) is 0. The number of aromatic nitrogens is 3. The summed E-state index contributed by atoms with van der Waals surface area (Å²) in [5.74, 6) is 1.87. The molecule has 1 aliphatic heterocycles. The smallest absolute Gasteiger partial charge is 0.235 e. The van der Waals surface area contributed by atoms with Crippen LogP contribution in [0.4, 0.5) is 0 Å². The lowest BCUT2D eigenvalue weighted by Gasteiger charge is -2.14. The van der Waals surface area contributed by atoms with Crippen molar-refractivity contribution in [1.29, 1.82) is 0 Å². The molecule has 4 heterocycles. The van der Waals surface area contributed by atoms with Gasteiger partial charge in [-0.1, -0.05) is 91.0 Å². The second kappa shape index (κ2) is 8.56. The number of benzene rings is 6. The van der Waals surface area contributed by atoms with Gasteiger partial charge in [-0.3, -0.25) is 4.57 Å². The van der Waals surface area contributed by atoms with Gasteiger partial charge in [-0.05, 0) is 52.6 Å². The number of hydrogen-bond acceptors (Lipinski definition) is 4. The molecule has 0 amide bonds. The van der Waals surface area contributed by atoms with E-state index in [9.17, 15) is 0 Å². The fourth-order valence-corrected chi connectivity index (χ4v) is 8.82. The molecule has 0 saturated heterocycles. The predicted molar refractivity (Wildman–Crippen MR) is 186 cm³/mol. The summed E-state index contributed by atoms with van der Waals surface area (Å²) < 4.78 is 11.2. The van der Waals surface area contributed by atoms with Crippen molar-refractivity contribution in [3.8, 4) is 23.0 Å². The van der Waals surface area contributed by atoms with Crippen LogP contribution >= 0.6 is 11.3 Å². The summed E-state index contributed by atoms with van der Waals surface area (Å²) >= 11 is 1.77. The zero-order valence-electron chi connectivity index (χ0n) is 23.9. The molecule has 0 radical (unpaired) electrons. The third-order valence-corrected chi connectivity index (χ3v) is 10.9. The molecule has 9 aromatic rings. The molecule has 2 unspecified atom stereocenters. The molecule has 1 aliphatic carbocycles. The molecule has 6 aromatic carbocycles. The highest BCUT2D eigenvalue weighted by Gasteiger charge is 2.35. The summed E-state index contributed by atoms with van der Waals surface area (Å²) in [4.78, 5) is 10.9. The van der Waals surface area contributed by atoms with Gasteiger partial charge in [0.1, 0.15) is 11.9 Å². The maximum absolute atomic E-state index is 6.61. The Bertz CT molecular complexity index is 2770. The van der Waals surface area contributed by atoms with Gasteiger partial charge in [-0.2, -0.15) is 0 Å². The minimum absolute atomic E-state index is 0.0199. The van der Waals surface area contributed by atoms with Crippen molar-refractivity contribution in [3.63, 3.8) is 0 Å². The quantitative estimate of drug-likeness (QED) is 0.187. The lowest BCUT2D eigenvalue weighted by Crippen LogP contribution is -2.15. The van der Waals surface area contributed by atoms with Crippen LogP contribution in [0, 0.1) is 0 Å². The van der Waals surface area contributed by atoms with Crippen molar-refractivity contribution in [2.45, 2.75) is 12.0 Å². The fourth-order valence-electron chi connectivity index (χ4n) is 7.67. The average molecular weight is 594 g/mol. The van der Waals surface area contributed by atoms with Crippen LogP contribution in [-0.4, -0.2) is 20.6 Å². The zero-order valence-corrected chi connectivity index (χ0v) is 24.8. The molecule has 3 aromatic heterocycles. The number of allylic oxidation sites excluding steroid dienone is 2. The Morgan fingerprint density at radius 3 is 2.49 bits per heavy atom. The maximum atomic E-state index is 6.61. The van der Waals surface area contributed by atoms with Gasteiger partial charge in [0.05, 0.1) is 26.9 Å². The summed E-state index contributed by atoms with van der Waals surface area (Å²) in [5.41, 5.74) is 6.50. The highest BCUT2D eigenvalue weighted by molar-refractivity contribution is 7.26. The number of rotatable bonds is 2. The van der Waals surface area contributed by atoms with Crippen LogP contribution in [0.5, 0.6) is 5.75 Å². The molecule has 2 aliphatic rings. The average Bonchev–Trinajstić information content (AvgIpc) is 3.76. The van der Waals surface area contributed by atoms with E-state index in [2.05, 4.69) is 132 Å². The SMILES string of the molecule is C1=CC2Oc3c(cc4c5c3ccc3cccc(c35)n4-c3nc(-c4ccc5ccccc5c4)c4sc5ccccc5c4n3)C2C=C1. The van der Waals surface area contributed by atoms with E-state index in [1.807, 2.05) is 0 Å². The number of ether oxygens (including phenoxy) is 1. The molecule has 0 fully saturated rings. The van der Waals surface area contributed by atoms with E-state index in [0.717, 1.165) is 49.0 Å². The van der Waals surface area contributed by atoms with Gasteiger partial charge >= 0.3 is 0 Å². The number of nitrogens with zero attached hydrogens (tertiary/aromatic N) is 3. The van der Waals surface area contributed by atoms with Crippen LogP contribution in [0.15, 0.2) is 127 Å². The van der Waals surface area contributed by atoms with Crippen LogP contribution in [0.25, 0.3) is 80.9 Å². The summed E-state index contributed by atoms with van der Waals surface area (Å²) in [6.45, 7) is 0. The number of thiophene rings is 1. The minimum atomic E-state index is 0.0199. The third-order valence-electron chi connectivity index (χ3n) is 9.69. The van der Waals surface area contributed by atoms with Crippen LogP contribution in [0.2, 0.25) is 0 Å². The van der Waals surface area contributed by atoms with E-state index >= 15 is 0 Å². The first-order chi connectivity index (χ1) is 22.3. The molecule has 0 bridgehead atoms. The van der Waals surface area contributed by atoms with Crippen LogP contribution < -0.4 is 4.74 Å². The first-order valence-electron chi connectivity index (χ1n) is 15.3. The molecule has 11 rings (SSSR count). The molecule has 210 valence electrons. The van der Waals surface area contributed by atoms with E-state index in [1.165, 1.54) is 37.2 Å². The van der Waals surface area contributed by atoms with E-state index in [-0.39, 0.29) is 12.0 Å². The van der Waals surface area contributed by atoms with Gasteiger partial charge in [0.15, 0.2) is 0 Å². The third kappa shape index (κ3) is 3.15. The second-order valence-electron chi connectivity index (χ2n) is 12.1. The predicted octanol–water partition coefficient (Wildman–Crippen LogP) is 10.3. The van der Waals surface area contributed by atoms with Crippen molar-refractivity contribution < 1.29 is 4.74 Å². The van der Waals surface area contributed by atoms with E-state index in [1.54, 1.807) is 11.3 Å². The summed E-state index contributed by atoms with van der Waals surface area (Å²) in [6, 6.07) is 37.1. The first-order valence-corrected chi connectivity index (χ1v) is 16.1. The summed E-state index contributed by atoms with van der Waals surface area (Å²) in [7, 11) is 0. The lowest BCUT2D eigenvalue weighted by molar-refractivity contribution is 0.271. The van der Waals surface area contributed by atoms with Crippen LogP contribution in [-0.2, 0) is 0 Å².